The number of carbonyl (C=O) groups excluding carboxylic acids is 2. The Morgan fingerprint density at radius 1 is 0.967 bits per heavy atom. The third-order valence-corrected chi connectivity index (χ3v) is 5.86. The second kappa shape index (κ2) is 10.2. The number of carbonyl (C=O) groups is 2. The third kappa shape index (κ3) is 5.27. The van der Waals surface area contributed by atoms with Crippen LogP contribution in [0.4, 0.5) is 5.69 Å². The molecule has 5 nitrogen and oxygen atoms in total. The van der Waals surface area contributed by atoms with Crippen LogP contribution in [0.1, 0.15) is 38.3 Å². The van der Waals surface area contributed by atoms with E-state index in [0.29, 0.717) is 23.1 Å². The van der Waals surface area contributed by atoms with E-state index in [-0.39, 0.29) is 31.0 Å². The van der Waals surface area contributed by atoms with Crippen LogP contribution in [-0.4, -0.2) is 42.5 Å². The lowest BCUT2D eigenvalue weighted by Gasteiger charge is -2.48. The minimum Gasteiger partial charge on any atom is -0.466 e. The topological polar surface area (TPSA) is 49.9 Å². The van der Waals surface area contributed by atoms with Gasteiger partial charge in [0.15, 0.2) is 0 Å². The van der Waals surface area contributed by atoms with Gasteiger partial charge in [0.2, 0.25) is 5.91 Å². The molecule has 30 heavy (non-hydrogen) atoms. The molecule has 0 aromatic heterocycles. The summed E-state index contributed by atoms with van der Waals surface area (Å²) in [6.45, 7) is 5.12. The van der Waals surface area contributed by atoms with Gasteiger partial charge in [0, 0.05) is 34.9 Å². The Morgan fingerprint density at radius 2 is 1.57 bits per heavy atom. The lowest BCUT2D eigenvalue weighted by Crippen LogP contribution is -2.56. The van der Waals surface area contributed by atoms with Crippen molar-refractivity contribution in [2.24, 2.45) is 0 Å². The molecule has 0 spiro atoms. The van der Waals surface area contributed by atoms with Gasteiger partial charge < -0.3 is 14.5 Å². The molecule has 2 aromatic rings. The number of benzene rings is 2. The molecular weight excluding hydrogens is 423 g/mol. The monoisotopic (exact) mass is 448 g/mol. The molecule has 160 valence electrons. The highest BCUT2D eigenvalue weighted by molar-refractivity contribution is 6.30. The van der Waals surface area contributed by atoms with Crippen molar-refractivity contribution >= 4 is 40.8 Å². The lowest BCUT2D eigenvalue weighted by molar-refractivity contribution is -0.149. The van der Waals surface area contributed by atoms with Crippen LogP contribution in [0.2, 0.25) is 10.0 Å². The molecule has 1 saturated heterocycles. The average molecular weight is 449 g/mol. The zero-order valence-electron chi connectivity index (χ0n) is 17.2. The van der Waals surface area contributed by atoms with E-state index in [4.69, 9.17) is 27.9 Å². The summed E-state index contributed by atoms with van der Waals surface area (Å²) in [6.07, 6.45) is 0.606. The maximum Gasteiger partial charge on any atom is 0.315 e. The van der Waals surface area contributed by atoms with Crippen LogP contribution < -0.4 is 4.90 Å². The molecule has 0 bridgehead atoms. The van der Waals surface area contributed by atoms with Crippen LogP contribution in [0.15, 0.2) is 48.5 Å². The summed E-state index contributed by atoms with van der Waals surface area (Å²) in [5.74, 6) is -0.694. The van der Waals surface area contributed by atoms with Crippen LogP contribution in [0.25, 0.3) is 0 Å². The van der Waals surface area contributed by atoms with E-state index < -0.39 is 5.97 Å². The fraction of sp³-hybridized carbons (Fsp3) is 0.391. The predicted molar refractivity (Wildman–Crippen MR) is 120 cm³/mol. The largest absolute Gasteiger partial charge is 0.466 e. The molecule has 1 fully saturated rings. The molecule has 1 amide bonds. The minimum atomic E-state index is -0.487. The maximum absolute atomic E-state index is 12.8. The molecule has 0 saturated carbocycles. The van der Waals surface area contributed by atoms with Gasteiger partial charge in [0.25, 0.3) is 0 Å². The molecule has 3 rings (SSSR count). The van der Waals surface area contributed by atoms with E-state index in [1.807, 2.05) is 48.5 Å². The first-order valence-corrected chi connectivity index (χ1v) is 10.9. The molecule has 1 aliphatic rings. The number of amides is 1. The first-order chi connectivity index (χ1) is 14.4. The number of hydrogen-bond donors (Lipinski definition) is 0. The quantitative estimate of drug-likeness (QED) is 0.454. The zero-order chi connectivity index (χ0) is 21.7. The average Bonchev–Trinajstić information content (AvgIpc) is 2.74. The van der Waals surface area contributed by atoms with Crippen LogP contribution in [0.3, 0.4) is 0 Å². The Balaban J connectivity index is 1.93. The summed E-state index contributed by atoms with van der Waals surface area (Å²) >= 11 is 12.2. The first-order valence-electron chi connectivity index (χ1n) is 10.2. The molecule has 0 N–H and O–H groups in total. The number of hydrogen-bond acceptors (Lipinski definition) is 4. The Labute approximate surface area is 187 Å². The van der Waals surface area contributed by atoms with E-state index in [0.717, 1.165) is 17.7 Å². The highest BCUT2D eigenvalue weighted by Gasteiger charge is 2.37. The second-order valence-corrected chi connectivity index (χ2v) is 8.17. The normalized spacial score (nSPS) is 18.9. The van der Waals surface area contributed by atoms with Crippen molar-refractivity contribution in [2.75, 3.05) is 24.6 Å². The molecular formula is C23H26Cl2N2O3. The van der Waals surface area contributed by atoms with Gasteiger partial charge in [-0.05, 0) is 55.3 Å². The highest BCUT2D eigenvalue weighted by Crippen LogP contribution is 2.36. The Morgan fingerprint density at radius 3 is 2.13 bits per heavy atom. The number of rotatable bonds is 6. The van der Waals surface area contributed by atoms with Crippen LogP contribution in [-0.2, 0) is 14.3 Å². The first kappa shape index (κ1) is 22.4. The summed E-state index contributed by atoms with van der Waals surface area (Å²) in [4.78, 5) is 28.8. The van der Waals surface area contributed by atoms with Gasteiger partial charge in [-0.25, -0.2) is 0 Å². The van der Waals surface area contributed by atoms with Gasteiger partial charge in [-0.2, -0.15) is 0 Å². The van der Waals surface area contributed by atoms with Gasteiger partial charge in [0.1, 0.15) is 6.42 Å². The molecule has 1 unspecified atom stereocenters. The fourth-order valence-corrected chi connectivity index (χ4v) is 4.15. The molecule has 7 heteroatoms. The Kier molecular flexibility index (Phi) is 7.62. The van der Waals surface area contributed by atoms with Gasteiger partial charge >= 0.3 is 5.97 Å². The van der Waals surface area contributed by atoms with Crippen molar-refractivity contribution in [3.63, 3.8) is 0 Å². The van der Waals surface area contributed by atoms with Gasteiger partial charge in [-0.15, -0.1) is 0 Å². The van der Waals surface area contributed by atoms with Gasteiger partial charge in [-0.3, -0.25) is 9.59 Å². The number of anilines is 1. The fourth-order valence-electron chi connectivity index (χ4n) is 3.90. The SMILES string of the molecule is CCOC(=O)CC(=O)N1CC(CC)N(c2ccc(Cl)cc2)[C@H](c2ccc(Cl)cc2)C1. The standard InChI is InChI=1S/C23H26Cl2N2O3/c1-3-19-14-26(22(28)13-23(29)30-4-2)15-21(16-5-7-17(24)8-6-16)27(19)20-11-9-18(25)10-12-20/h5-12,19,21H,3-4,13-15H2,1-2H3/t19?,21-/m0/s1. The lowest BCUT2D eigenvalue weighted by atomic mass is 9.96. The van der Waals surface area contributed by atoms with Crippen molar-refractivity contribution in [2.45, 2.75) is 38.8 Å². The summed E-state index contributed by atoms with van der Waals surface area (Å²) < 4.78 is 4.96. The number of nitrogens with zero attached hydrogens (tertiary/aromatic N) is 2. The van der Waals surface area contributed by atoms with Crippen molar-refractivity contribution in [3.8, 4) is 0 Å². The third-order valence-electron chi connectivity index (χ3n) is 5.36. The number of piperazine rings is 1. The van der Waals surface area contributed by atoms with E-state index in [1.54, 1.807) is 11.8 Å². The minimum absolute atomic E-state index is 0.0757. The number of ether oxygens (including phenoxy) is 1. The van der Waals surface area contributed by atoms with Crippen molar-refractivity contribution < 1.29 is 14.3 Å². The molecule has 2 atom stereocenters. The zero-order valence-corrected chi connectivity index (χ0v) is 18.7. The van der Waals surface area contributed by atoms with Crippen LogP contribution >= 0.6 is 23.2 Å². The molecule has 0 aliphatic carbocycles. The van der Waals surface area contributed by atoms with E-state index in [1.165, 1.54) is 0 Å². The number of esters is 1. The van der Waals surface area contributed by atoms with Crippen molar-refractivity contribution in [1.29, 1.82) is 0 Å². The van der Waals surface area contributed by atoms with E-state index in [9.17, 15) is 9.59 Å². The summed E-state index contributed by atoms with van der Waals surface area (Å²) in [7, 11) is 0. The molecule has 0 radical (unpaired) electrons. The molecule has 2 aromatic carbocycles. The second-order valence-electron chi connectivity index (χ2n) is 7.29. The van der Waals surface area contributed by atoms with Gasteiger partial charge in [0.05, 0.1) is 12.6 Å². The van der Waals surface area contributed by atoms with E-state index >= 15 is 0 Å². The predicted octanol–water partition coefficient (Wildman–Crippen LogP) is 5.12. The Bertz CT molecular complexity index is 871. The summed E-state index contributed by atoms with van der Waals surface area (Å²) in [6, 6.07) is 15.5. The van der Waals surface area contributed by atoms with Crippen molar-refractivity contribution in [3.05, 3.63) is 64.1 Å². The smallest absolute Gasteiger partial charge is 0.315 e. The summed E-state index contributed by atoms with van der Waals surface area (Å²) in [5.41, 5.74) is 2.10. The van der Waals surface area contributed by atoms with Crippen molar-refractivity contribution in [1.82, 2.24) is 4.90 Å². The summed E-state index contributed by atoms with van der Waals surface area (Å²) in [5, 5.41) is 1.34. The molecule has 1 heterocycles. The maximum atomic E-state index is 12.8. The Hall–Kier alpha value is -2.24. The molecule has 1 aliphatic heterocycles. The van der Waals surface area contributed by atoms with E-state index in [2.05, 4.69) is 11.8 Å². The van der Waals surface area contributed by atoms with Crippen LogP contribution in [0.5, 0.6) is 0 Å². The van der Waals surface area contributed by atoms with Crippen LogP contribution in [0, 0.1) is 0 Å². The highest BCUT2D eigenvalue weighted by atomic mass is 35.5. The number of halogens is 2. The van der Waals surface area contributed by atoms with Gasteiger partial charge in [-0.1, -0.05) is 42.3 Å².